The Hall–Kier alpha value is -2.69. The zero-order valence-electron chi connectivity index (χ0n) is 12.7. The number of alkyl halides is 3. The van der Waals surface area contributed by atoms with Gasteiger partial charge in [0.2, 0.25) is 0 Å². The average molecular weight is 401 g/mol. The van der Waals surface area contributed by atoms with Crippen LogP contribution >= 0.6 is 23.2 Å². The molecule has 0 heterocycles. The van der Waals surface area contributed by atoms with Crippen molar-refractivity contribution in [1.29, 1.82) is 5.26 Å². The minimum absolute atomic E-state index is 0.00943. The summed E-state index contributed by atoms with van der Waals surface area (Å²) in [7, 11) is 0. The van der Waals surface area contributed by atoms with Crippen LogP contribution in [0.5, 0.6) is 0 Å². The number of amides is 1. The van der Waals surface area contributed by atoms with Crippen molar-refractivity contribution >= 4 is 40.6 Å². The highest BCUT2D eigenvalue weighted by Gasteiger charge is 2.30. The number of aliphatic hydroxyl groups excluding tert-OH is 1. The number of benzene rings is 2. The number of carbonyl (C=O) groups excluding carboxylic acids is 1. The Morgan fingerprint density at radius 3 is 2.23 bits per heavy atom. The second-order valence-corrected chi connectivity index (χ2v) is 5.83. The maximum atomic E-state index is 12.5. The van der Waals surface area contributed by atoms with Crippen LogP contribution in [-0.4, -0.2) is 11.0 Å². The summed E-state index contributed by atoms with van der Waals surface area (Å²) in [6.07, 6.45) is -4.51. The number of carbonyl (C=O) groups is 1. The standard InChI is InChI=1S/C17H9Cl2F3N2O2/c18-10-3-6-12(14(19)7-10)15(25)13(8-23)16(26)24-11-4-1-9(2-5-11)17(20,21)22/h1-7,25H,(H,24,26)/b15-13-. The molecule has 2 aromatic rings. The summed E-state index contributed by atoms with van der Waals surface area (Å²) in [6, 6.07) is 9.21. The predicted octanol–water partition coefficient (Wildman–Crippen LogP) is 5.44. The summed E-state index contributed by atoms with van der Waals surface area (Å²) in [4.78, 5) is 12.2. The molecular formula is C17H9Cl2F3N2O2. The van der Waals surface area contributed by atoms with E-state index < -0.39 is 29.0 Å². The number of aliphatic hydroxyl groups is 1. The Morgan fingerprint density at radius 2 is 1.73 bits per heavy atom. The Bertz CT molecular complexity index is 917. The number of nitrogens with one attached hydrogen (secondary N) is 1. The van der Waals surface area contributed by atoms with Crippen molar-refractivity contribution in [3.8, 4) is 6.07 Å². The van der Waals surface area contributed by atoms with Gasteiger partial charge in [0.1, 0.15) is 11.8 Å². The first-order chi connectivity index (χ1) is 12.1. The van der Waals surface area contributed by atoms with Crippen LogP contribution in [0, 0.1) is 11.3 Å². The molecule has 9 heteroatoms. The molecule has 0 aliphatic rings. The van der Waals surface area contributed by atoms with Crippen LogP contribution in [0.15, 0.2) is 48.0 Å². The van der Waals surface area contributed by atoms with Crippen molar-refractivity contribution in [2.75, 3.05) is 5.32 Å². The molecule has 2 N–H and O–H groups in total. The predicted molar refractivity (Wildman–Crippen MR) is 91.7 cm³/mol. The third-order valence-corrected chi connectivity index (χ3v) is 3.78. The largest absolute Gasteiger partial charge is 0.506 e. The van der Waals surface area contributed by atoms with Gasteiger partial charge < -0.3 is 10.4 Å². The SMILES string of the molecule is N#C/C(C(=O)Nc1ccc(C(F)(F)F)cc1)=C(/O)c1ccc(Cl)cc1Cl. The third kappa shape index (κ3) is 4.48. The Kier molecular flexibility index (Phi) is 5.80. The molecule has 0 saturated carbocycles. The summed E-state index contributed by atoms with van der Waals surface area (Å²) >= 11 is 11.7. The highest BCUT2D eigenvalue weighted by molar-refractivity contribution is 6.35. The van der Waals surface area contributed by atoms with E-state index in [0.717, 1.165) is 24.3 Å². The number of hydrogen-bond acceptors (Lipinski definition) is 3. The summed E-state index contributed by atoms with van der Waals surface area (Å²) in [5, 5.41) is 21.9. The summed E-state index contributed by atoms with van der Waals surface area (Å²) < 4.78 is 37.6. The molecule has 0 saturated heterocycles. The van der Waals surface area contributed by atoms with Crippen molar-refractivity contribution in [3.05, 3.63) is 69.2 Å². The Balaban J connectivity index is 2.30. The van der Waals surface area contributed by atoms with Gasteiger partial charge in [-0.15, -0.1) is 0 Å². The fraction of sp³-hybridized carbons (Fsp3) is 0.0588. The van der Waals surface area contributed by atoms with E-state index in [0.29, 0.717) is 5.02 Å². The quantitative estimate of drug-likeness (QED) is 0.409. The van der Waals surface area contributed by atoms with Gasteiger partial charge in [-0.1, -0.05) is 23.2 Å². The second-order valence-electron chi connectivity index (χ2n) is 4.99. The first kappa shape index (κ1) is 19.6. The number of nitrogens with zero attached hydrogens (tertiary/aromatic N) is 1. The van der Waals surface area contributed by atoms with E-state index in [2.05, 4.69) is 5.32 Å². The lowest BCUT2D eigenvalue weighted by Gasteiger charge is -2.10. The molecule has 2 rings (SSSR count). The van der Waals surface area contributed by atoms with E-state index in [4.69, 9.17) is 28.5 Å². The maximum Gasteiger partial charge on any atom is 0.416 e. The van der Waals surface area contributed by atoms with E-state index in [1.165, 1.54) is 18.2 Å². The lowest BCUT2D eigenvalue weighted by atomic mass is 10.1. The van der Waals surface area contributed by atoms with Crippen molar-refractivity contribution in [2.24, 2.45) is 0 Å². The summed E-state index contributed by atoms with van der Waals surface area (Å²) in [5.74, 6) is -1.69. The van der Waals surface area contributed by atoms with Crippen LogP contribution in [0.25, 0.3) is 5.76 Å². The van der Waals surface area contributed by atoms with Gasteiger partial charge in [0.25, 0.3) is 5.91 Å². The number of nitriles is 1. The fourth-order valence-electron chi connectivity index (χ4n) is 1.96. The molecule has 0 spiro atoms. The van der Waals surface area contributed by atoms with E-state index in [1.54, 1.807) is 6.07 Å². The van der Waals surface area contributed by atoms with E-state index in [-0.39, 0.29) is 16.3 Å². The van der Waals surface area contributed by atoms with Gasteiger partial charge in [-0.2, -0.15) is 18.4 Å². The van der Waals surface area contributed by atoms with Crippen LogP contribution in [0.4, 0.5) is 18.9 Å². The van der Waals surface area contributed by atoms with Crippen LogP contribution in [0.1, 0.15) is 11.1 Å². The second kappa shape index (κ2) is 7.68. The molecule has 1 amide bonds. The van der Waals surface area contributed by atoms with E-state index in [9.17, 15) is 23.1 Å². The van der Waals surface area contributed by atoms with Gasteiger partial charge in [0, 0.05) is 16.3 Å². The van der Waals surface area contributed by atoms with Crippen molar-refractivity contribution in [3.63, 3.8) is 0 Å². The van der Waals surface area contributed by atoms with E-state index in [1.807, 2.05) is 0 Å². The molecule has 2 aromatic carbocycles. The third-order valence-electron chi connectivity index (χ3n) is 3.23. The number of rotatable bonds is 3. The highest BCUT2D eigenvalue weighted by Crippen LogP contribution is 2.30. The molecular weight excluding hydrogens is 392 g/mol. The summed E-state index contributed by atoms with van der Waals surface area (Å²) in [5.41, 5.74) is -1.52. The number of anilines is 1. The highest BCUT2D eigenvalue weighted by atomic mass is 35.5. The normalized spacial score (nSPS) is 12.2. The topological polar surface area (TPSA) is 73.1 Å². The minimum Gasteiger partial charge on any atom is -0.506 e. The first-order valence-electron chi connectivity index (χ1n) is 6.91. The molecule has 0 aliphatic carbocycles. The monoisotopic (exact) mass is 400 g/mol. The van der Waals surface area contributed by atoms with Gasteiger partial charge in [-0.25, -0.2) is 0 Å². The lowest BCUT2D eigenvalue weighted by molar-refractivity contribution is -0.137. The fourth-order valence-corrected chi connectivity index (χ4v) is 2.46. The first-order valence-corrected chi connectivity index (χ1v) is 7.66. The molecule has 134 valence electrons. The lowest BCUT2D eigenvalue weighted by Crippen LogP contribution is -2.15. The van der Waals surface area contributed by atoms with Crippen molar-refractivity contribution in [1.82, 2.24) is 0 Å². The zero-order chi connectivity index (χ0) is 19.5. The molecule has 0 fully saturated rings. The smallest absolute Gasteiger partial charge is 0.416 e. The Labute approximate surface area is 156 Å². The molecule has 0 atom stereocenters. The molecule has 4 nitrogen and oxygen atoms in total. The van der Waals surface area contributed by atoms with Crippen LogP contribution in [0.2, 0.25) is 10.0 Å². The Morgan fingerprint density at radius 1 is 1.12 bits per heavy atom. The van der Waals surface area contributed by atoms with Gasteiger partial charge in [0.05, 0.1) is 10.6 Å². The molecule has 0 aromatic heterocycles. The van der Waals surface area contributed by atoms with Crippen LogP contribution in [-0.2, 0) is 11.0 Å². The zero-order valence-corrected chi connectivity index (χ0v) is 14.2. The summed E-state index contributed by atoms with van der Waals surface area (Å²) in [6.45, 7) is 0. The van der Waals surface area contributed by atoms with Gasteiger partial charge in [-0.05, 0) is 42.5 Å². The number of halogens is 5. The van der Waals surface area contributed by atoms with Gasteiger partial charge >= 0.3 is 6.18 Å². The minimum atomic E-state index is -4.51. The number of hydrogen-bond donors (Lipinski definition) is 2. The molecule has 26 heavy (non-hydrogen) atoms. The van der Waals surface area contributed by atoms with Crippen LogP contribution < -0.4 is 5.32 Å². The molecule has 0 aliphatic heterocycles. The average Bonchev–Trinajstić information content (AvgIpc) is 2.55. The van der Waals surface area contributed by atoms with Crippen molar-refractivity contribution < 1.29 is 23.1 Å². The molecule has 0 bridgehead atoms. The van der Waals surface area contributed by atoms with Crippen LogP contribution in [0.3, 0.4) is 0 Å². The van der Waals surface area contributed by atoms with Crippen molar-refractivity contribution in [2.45, 2.75) is 6.18 Å². The van der Waals surface area contributed by atoms with Gasteiger partial charge in [0.15, 0.2) is 5.57 Å². The van der Waals surface area contributed by atoms with E-state index >= 15 is 0 Å². The molecule has 0 radical (unpaired) electrons. The van der Waals surface area contributed by atoms with Gasteiger partial charge in [-0.3, -0.25) is 4.79 Å². The molecule has 0 unspecified atom stereocenters. The maximum absolute atomic E-state index is 12.5.